The molecule has 0 heterocycles. The zero-order valence-electron chi connectivity index (χ0n) is 13.2. The molecular formula is C17H29BrN2. The Morgan fingerprint density at radius 3 is 2.55 bits per heavy atom. The lowest BCUT2D eigenvalue weighted by Crippen LogP contribution is -2.36. The number of nitrogens with zero attached hydrogens (tertiary/aromatic N) is 1. The summed E-state index contributed by atoms with van der Waals surface area (Å²) in [6.45, 7) is 11.3. The SMILES string of the molecule is CCCNC(CCN(CC)CC)Cc1cccc(Br)c1. The Morgan fingerprint density at radius 2 is 1.95 bits per heavy atom. The Balaban J connectivity index is 2.54. The van der Waals surface area contributed by atoms with Crippen LogP contribution in [0.15, 0.2) is 28.7 Å². The molecular weight excluding hydrogens is 312 g/mol. The van der Waals surface area contributed by atoms with Gasteiger partial charge in [-0.1, -0.05) is 48.8 Å². The number of hydrogen-bond acceptors (Lipinski definition) is 2. The summed E-state index contributed by atoms with van der Waals surface area (Å²) in [5, 5.41) is 3.70. The lowest BCUT2D eigenvalue weighted by molar-refractivity contribution is 0.280. The normalized spacial score (nSPS) is 12.8. The Bertz CT molecular complexity index is 364. The fraction of sp³-hybridized carbons (Fsp3) is 0.647. The molecule has 0 fully saturated rings. The molecule has 0 spiro atoms. The molecule has 3 heteroatoms. The second kappa shape index (κ2) is 10.4. The molecule has 0 aliphatic rings. The average Bonchev–Trinajstić information content (AvgIpc) is 2.45. The van der Waals surface area contributed by atoms with Crippen LogP contribution in [0, 0.1) is 0 Å². The molecule has 2 nitrogen and oxygen atoms in total. The van der Waals surface area contributed by atoms with Gasteiger partial charge >= 0.3 is 0 Å². The van der Waals surface area contributed by atoms with Crippen LogP contribution in [0.25, 0.3) is 0 Å². The molecule has 1 aromatic rings. The first-order valence-corrected chi connectivity index (χ1v) is 8.69. The maximum atomic E-state index is 3.70. The van der Waals surface area contributed by atoms with Gasteiger partial charge in [-0.05, 0) is 63.1 Å². The summed E-state index contributed by atoms with van der Waals surface area (Å²) in [6.07, 6.45) is 3.52. The van der Waals surface area contributed by atoms with Crippen LogP contribution in [0.4, 0.5) is 0 Å². The molecule has 0 aliphatic heterocycles. The summed E-state index contributed by atoms with van der Waals surface area (Å²) in [5.74, 6) is 0. The van der Waals surface area contributed by atoms with Crippen LogP contribution in [0.1, 0.15) is 39.2 Å². The van der Waals surface area contributed by atoms with Crippen molar-refractivity contribution in [1.29, 1.82) is 0 Å². The summed E-state index contributed by atoms with van der Waals surface area (Å²) in [5.41, 5.74) is 1.41. The quantitative estimate of drug-likeness (QED) is 0.689. The smallest absolute Gasteiger partial charge is 0.0178 e. The van der Waals surface area contributed by atoms with E-state index in [-0.39, 0.29) is 0 Å². The maximum absolute atomic E-state index is 3.70. The third kappa shape index (κ3) is 6.87. The van der Waals surface area contributed by atoms with Crippen molar-refractivity contribution in [1.82, 2.24) is 10.2 Å². The molecule has 0 amide bonds. The number of rotatable bonds is 10. The molecule has 1 aromatic carbocycles. The van der Waals surface area contributed by atoms with Gasteiger partial charge in [0, 0.05) is 10.5 Å². The first-order chi connectivity index (χ1) is 9.69. The Hall–Kier alpha value is -0.380. The highest BCUT2D eigenvalue weighted by atomic mass is 79.9. The van der Waals surface area contributed by atoms with Crippen molar-refractivity contribution in [3.63, 3.8) is 0 Å². The minimum atomic E-state index is 0.574. The van der Waals surface area contributed by atoms with Gasteiger partial charge in [0.1, 0.15) is 0 Å². The maximum Gasteiger partial charge on any atom is 0.0178 e. The Morgan fingerprint density at radius 1 is 1.20 bits per heavy atom. The molecule has 1 rings (SSSR count). The molecule has 0 aliphatic carbocycles. The molecule has 114 valence electrons. The van der Waals surface area contributed by atoms with E-state index in [4.69, 9.17) is 0 Å². The molecule has 1 unspecified atom stereocenters. The lowest BCUT2D eigenvalue weighted by Gasteiger charge is -2.24. The molecule has 1 atom stereocenters. The first kappa shape index (κ1) is 17.7. The van der Waals surface area contributed by atoms with Crippen molar-refractivity contribution in [3.05, 3.63) is 34.3 Å². The van der Waals surface area contributed by atoms with Gasteiger partial charge in [-0.15, -0.1) is 0 Å². The molecule has 0 bridgehead atoms. The fourth-order valence-electron chi connectivity index (χ4n) is 2.45. The van der Waals surface area contributed by atoms with Crippen molar-refractivity contribution in [2.24, 2.45) is 0 Å². The van der Waals surface area contributed by atoms with E-state index in [0.29, 0.717) is 6.04 Å². The van der Waals surface area contributed by atoms with E-state index in [9.17, 15) is 0 Å². The number of halogens is 1. The van der Waals surface area contributed by atoms with Gasteiger partial charge in [0.05, 0.1) is 0 Å². The van der Waals surface area contributed by atoms with Crippen molar-refractivity contribution >= 4 is 15.9 Å². The van der Waals surface area contributed by atoms with Crippen LogP contribution in [-0.4, -0.2) is 37.1 Å². The third-order valence-corrected chi connectivity index (χ3v) is 4.24. The van der Waals surface area contributed by atoms with E-state index in [1.54, 1.807) is 0 Å². The van der Waals surface area contributed by atoms with Crippen LogP contribution in [0.5, 0.6) is 0 Å². The van der Waals surface area contributed by atoms with E-state index < -0.39 is 0 Å². The van der Waals surface area contributed by atoms with Gasteiger partial charge in [-0.3, -0.25) is 0 Å². The zero-order valence-corrected chi connectivity index (χ0v) is 14.7. The van der Waals surface area contributed by atoms with E-state index in [0.717, 1.165) is 26.1 Å². The van der Waals surface area contributed by atoms with E-state index in [2.05, 4.69) is 71.2 Å². The average molecular weight is 341 g/mol. The number of hydrogen-bond donors (Lipinski definition) is 1. The lowest BCUT2D eigenvalue weighted by atomic mass is 10.0. The third-order valence-electron chi connectivity index (χ3n) is 3.74. The minimum absolute atomic E-state index is 0.574. The van der Waals surface area contributed by atoms with Gasteiger partial charge in [-0.25, -0.2) is 0 Å². The highest BCUT2D eigenvalue weighted by Gasteiger charge is 2.11. The molecule has 0 radical (unpaired) electrons. The molecule has 0 saturated carbocycles. The number of benzene rings is 1. The minimum Gasteiger partial charge on any atom is -0.314 e. The van der Waals surface area contributed by atoms with Crippen molar-refractivity contribution in [2.45, 2.75) is 46.1 Å². The van der Waals surface area contributed by atoms with Gasteiger partial charge in [0.2, 0.25) is 0 Å². The first-order valence-electron chi connectivity index (χ1n) is 7.89. The molecule has 1 N–H and O–H groups in total. The topological polar surface area (TPSA) is 15.3 Å². The molecule has 0 saturated heterocycles. The second-order valence-corrected chi connectivity index (χ2v) is 6.22. The van der Waals surface area contributed by atoms with Crippen LogP contribution in [0.3, 0.4) is 0 Å². The number of nitrogens with one attached hydrogen (secondary N) is 1. The van der Waals surface area contributed by atoms with Gasteiger partial charge < -0.3 is 10.2 Å². The predicted octanol–water partition coefficient (Wildman–Crippen LogP) is 4.09. The summed E-state index contributed by atoms with van der Waals surface area (Å²) in [6, 6.07) is 9.25. The van der Waals surface area contributed by atoms with Gasteiger partial charge in [0.25, 0.3) is 0 Å². The standard InChI is InChI=1S/C17H29BrN2/c1-4-11-19-17(10-12-20(5-2)6-3)14-15-8-7-9-16(18)13-15/h7-9,13,17,19H,4-6,10-12,14H2,1-3H3. The highest BCUT2D eigenvalue weighted by molar-refractivity contribution is 9.10. The molecule has 0 aromatic heterocycles. The summed E-state index contributed by atoms with van der Waals surface area (Å²) in [7, 11) is 0. The van der Waals surface area contributed by atoms with Crippen LogP contribution in [0.2, 0.25) is 0 Å². The van der Waals surface area contributed by atoms with Crippen molar-refractivity contribution in [3.8, 4) is 0 Å². The van der Waals surface area contributed by atoms with Gasteiger partial charge in [-0.2, -0.15) is 0 Å². The van der Waals surface area contributed by atoms with Crippen molar-refractivity contribution < 1.29 is 0 Å². The van der Waals surface area contributed by atoms with E-state index >= 15 is 0 Å². The summed E-state index contributed by atoms with van der Waals surface area (Å²) < 4.78 is 1.17. The van der Waals surface area contributed by atoms with E-state index in [1.165, 1.54) is 29.4 Å². The predicted molar refractivity (Wildman–Crippen MR) is 92.3 cm³/mol. The van der Waals surface area contributed by atoms with Crippen LogP contribution < -0.4 is 5.32 Å². The van der Waals surface area contributed by atoms with E-state index in [1.807, 2.05) is 0 Å². The van der Waals surface area contributed by atoms with Crippen molar-refractivity contribution in [2.75, 3.05) is 26.2 Å². The highest BCUT2D eigenvalue weighted by Crippen LogP contribution is 2.14. The zero-order chi connectivity index (χ0) is 14.8. The fourth-order valence-corrected chi connectivity index (χ4v) is 2.90. The van der Waals surface area contributed by atoms with Crippen LogP contribution in [-0.2, 0) is 6.42 Å². The summed E-state index contributed by atoms with van der Waals surface area (Å²) in [4.78, 5) is 2.50. The monoisotopic (exact) mass is 340 g/mol. The second-order valence-electron chi connectivity index (χ2n) is 5.30. The Kier molecular flexibility index (Phi) is 9.16. The molecule has 20 heavy (non-hydrogen) atoms. The Labute approximate surface area is 133 Å². The summed E-state index contributed by atoms with van der Waals surface area (Å²) >= 11 is 3.56. The van der Waals surface area contributed by atoms with Crippen LogP contribution >= 0.6 is 15.9 Å². The largest absolute Gasteiger partial charge is 0.314 e. The van der Waals surface area contributed by atoms with Gasteiger partial charge in [0.15, 0.2) is 0 Å².